The number of esters is 2. The molecule has 0 radical (unpaired) electrons. The van der Waals surface area contributed by atoms with Crippen molar-refractivity contribution in [3.8, 4) is 23.0 Å². The Kier molecular flexibility index (Phi) is 6.97. The van der Waals surface area contributed by atoms with Gasteiger partial charge >= 0.3 is 11.9 Å². The molecule has 43 heavy (non-hydrogen) atoms. The van der Waals surface area contributed by atoms with Crippen LogP contribution in [0.2, 0.25) is 0 Å². The second kappa shape index (κ2) is 11.0. The van der Waals surface area contributed by atoms with Crippen LogP contribution in [0.1, 0.15) is 28.7 Å². The third kappa shape index (κ3) is 4.97. The summed E-state index contributed by atoms with van der Waals surface area (Å²) in [5.41, 5.74) is 3.29. The Labute approximate surface area is 249 Å². The van der Waals surface area contributed by atoms with E-state index in [2.05, 4.69) is 11.0 Å². The molecular formula is C34H33NO8. The average Bonchev–Trinajstić information content (AvgIpc) is 3.56. The maximum atomic E-state index is 13.3. The Morgan fingerprint density at radius 3 is 2.09 bits per heavy atom. The predicted molar refractivity (Wildman–Crippen MR) is 155 cm³/mol. The molecule has 3 heterocycles. The molecule has 4 aliphatic rings. The second-order valence-electron chi connectivity index (χ2n) is 11.4. The van der Waals surface area contributed by atoms with Crippen molar-refractivity contribution in [1.29, 1.82) is 0 Å². The van der Waals surface area contributed by atoms with Gasteiger partial charge in [-0.3, -0.25) is 14.5 Å². The molecule has 222 valence electrons. The van der Waals surface area contributed by atoms with E-state index in [0.717, 1.165) is 39.5 Å². The van der Waals surface area contributed by atoms with Crippen LogP contribution in [0.25, 0.3) is 0 Å². The van der Waals surface area contributed by atoms with Crippen molar-refractivity contribution < 1.29 is 38.0 Å². The highest BCUT2D eigenvalue weighted by atomic mass is 16.7. The van der Waals surface area contributed by atoms with Gasteiger partial charge in [-0.25, -0.2) is 0 Å². The second-order valence-corrected chi connectivity index (χ2v) is 11.4. The number of carbonyl (C=O) groups excluding carboxylic acids is 2. The molecule has 0 spiro atoms. The molecule has 1 saturated heterocycles. The number of carbonyl (C=O) groups is 2. The molecule has 0 saturated carbocycles. The SMILES string of the molecule is COc1ccc(CC(=O)O[C@@H]2C=C[C@@]34c5cc6c(cc5CN(C[C@H]3OC(=O)Cc3ccc(OC)cc3)[C@H]4C2)OCO6)cc1. The van der Waals surface area contributed by atoms with Gasteiger partial charge in [0.25, 0.3) is 0 Å². The molecule has 7 rings (SSSR count). The van der Waals surface area contributed by atoms with Crippen molar-refractivity contribution >= 4 is 11.9 Å². The van der Waals surface area contributed by atoms with E-state index >= 15 is 0 Å². The Morgan fingerprint density at radius 2 is 1.47 bits per heavy atom. The van der Waals surface area contributed by atoms with Crippen LogP contribution in [-0.4, -0.2) is 62.6 Å². The van der Waals surface area contributed by atoms with Crippen molar-refractivity contribution in [3.63, 3.8) is 0 Å². The zero-order valence-corrected chi connectivity index (χ0v) is 24.1. The first-order chi connectivity index (χ1) is 20.9. The van der Waals surface area contributed by atoms with Crippen molar-refractivity contribution in [2.45, 2.75) is 49.5 Å². The monoisotopic (exact) mass is 583 g/mol. The molecular weight excluding hydrogens is 550 g/mol. The van der Waals surface area contributed by atoms with Crippen LogP contribution < -0.4 is 18.9 Å². The number of hydrogen-bond acceptors (Lipinski definition) is 9. The van der Waals surface area contributed by atoms with Crippen LogP contribution in [0.5, 0.6) is 23.0 Å². The Hall–Kier alpha value is -4.50. The number of benzene rings is 3. The van der Waals surface area contributed by atoms with E-state index in [1.165, 1.54) is 0 Å². The van der Waals surface area contributed by atoms with Gasteiger partial charge in [-0.1, -0.05) is 30.3 Å². The van der Waals surface area contributed by atoms with Crippen molar-refractivity contribution in [2.24, 2.45) is 0 Å². The molecule has 1 fully saturated rings. The van der Waals surface area contributed by atoms with Gasteiger partial charge in [-0.15, -0.1) is 0 Å². The quantitative estimate of drug-likeness (QED) is 0.287. The Balaban J connectivity index is 1.14. The molecule has 0 aromatic heterocycles. The number of ether oxygens (including phenoxy) is 6. The van der Waals surface area contributed by atoms with Crippen molar-refractivity contribution in [1.82, 2.24) is 4.90 Å². The smallest absolute Gasteiger partial charge is 0.310 e. The first kappa shape index (κ1) is 27.3. The summed E-state index contributed by atoms with van der Waals surface area (Å²) >= 11 is 0. The van der Waals surface area contributed by atoms with E-state index in [1.807, 2.05) is 66.7 Å². The molecule has 5 atom stereocenters. The predicted octanol–water partition coefficient (Wildman–Crippen LogP) is 4.14. The molecule has 0 N–H and O–H groups in total. The van der Waals surface area contributed by atoms with E-state index in [9.17, 15) is 9.59 Å². The Bertz CT molecular complexity index is 1570. The summed E-state index contributed by atoms with van der Waals surface area (Å²) in [5, 5.41) is 0. The minimum Gasteiger partial charge on any atom is -0.497 e. The topological polar surface area (TPSA) is 92.8 Å². The first-order valence-corrected chi connectivity index (χ1v) is 14.5. The molecule has 3 aliphatic heterocycles. The molecule has 3 aromatic carbocycles. The van der Waals surface area contributed by atoms with Crippen LogP contribution in [0, 0.1) is 0 Å². The summed E-state index contributed by atoms with van der Waals surface area (Å²) in [6.45, 7) is 1.42. The molecule has 2 bridgehead atoms. The summed E-state index contributed by atoms with van der Waals surface area (Å²) < 4.78 is 34.1. The zero-order chi connectivity index (χ0) is 29.6. The highest BCUT2D eigenvalue weighted by Crippen LogP contribution is 2.54. The number of methoxy groups -OCH3 is 2. The number of nitrogens with zero attached hydrogens (tertiary/aromatic N) is 1. The highest BCUT2D eigenvalue weighted by molar-refractivity contribution is 5.74. The summed E-state index contributed by atoms with van der Waals surface area (Å²) in [7, 11) is 3.22. The average molecular weight is 584 g/mol. The minimum absolute atomic E-state index is 0.0251. The van der Waals surface area contributed by atoms with Crippen LogP contribution in [0.3, 0.4) is 0 Å². The first-order valence-electron chi connectivity index (χ1n) is 14.5. The van der Waals surface area contributed by atoms with Crippen molar-refractivity contribution in [2.75, 3.05) is 27.6 Å². The van der Waals surface area contributed by atoms with Gasteiger partial charge in [-0.2, -0.15) is 0 Å². The third-order valence-corrected chi connectivity index (χ3v) is 8.98. The maximum Gasteiger partial charge on any atom is 0.310 e. The summed E-state index contributed by atoms with van der Waals surface area (Å²) in [4.78, 5) is 28.5. The van der Waals surface area contributed by atoms with E-state index in [-0.39, 0.29) is 37.6 Å². The number of hydrogen-bond donors (Lipinski definition) is 0. The van der Waals surface area contributed by atoms with E-state index < -0.39 is 17.6 Å². The van der Waals surface area contributed by atoms with Crippen LogP contribution in [0.4, 0.5) is 0 Å². The third-order valence-electron chi connectivity index (χ3n) is 8.98. The summed E-state index contributed by atoms with van der Waals surface area (Å²) in [6.07, 6.45) is 4.16. The fourth-order valence-electron chi connectivity index (χ4n) is 6.94. The standard InChI is InChI=1S/C34H33NO8/c1-38-24-7-3-21(4-8-24)13-32(36)42-26-11-12-34-27-17-29-28(40-20-41-29)15-23(27)18-35(30(34)16-26)19-31(34)43-33(37)14-22-5-9-25(39-2)10-6-22/h3-12,15,17,26,30-31H,13-14,16,18-20H2,1-2H3/t26-,30+,31-,34+/m1/s1. The zero-order valence-electron chi connectivity index (χ0n) is 24.1. The lowest BCUT2D eigenvalue weighted by Gasteiger charge is -2.46. The minimum atomic E-state index is -0.608. The fraction of sp³-hybridized carbons (Fsp3) is 0.353. The molecule has 0 amide bonds. The Morgan fingerprint density at radius 1 is 0.860 bits per heavy atom. The molecule has 9 nitrogen and oxygen atoms in total. The lowest BCUT2D eigenvalue weighted by Crippen LogP contribution is -2.53. The van der Waals surface area contributed by atoms with E-state index in [1.54, 1.807) is 14.2 Å². The van der Waals surface area contributed by atoms with Crippen LogP contribution in [-0.2, 0) is 43.9 Å². The van der Waals surface area contributed by atoms with Gasteiger partial charge in [0.2, 0.25) is 6.79 Å². The van der Waals surface area contributed by atoms with Crippen LogP contribution >= 0.6 is 0 Å². The summed E-state index contributed by atoms with van der Waals surface area (Å²) in [5.74, 6) is 2.31. The lowest BCUT2D eigenvalue weighted by atomic mass is 9.65. The fourth-order valence-corrected chi connectivity index (χ4v) is 6.94. The van der Waals surface area contributed by atoms with Crippen LogP contribution in [0.15, 0.2) is 72.8 Å². The lowest BCUT2D eigenvalue weighted by molar-refractivity contribution is -0.149. The maximum absolute atomic E-state index is 13.3. The van der Waals surface area contributed by atoms with Crippen molar-refractivity contribution in [3.05, 3.63) is 95.1 Å². The molecule has 3 aromatic rings. The van der Waals surface area contributed by atoms with Gasteiger partial charge < -0.3 is 28.4 Å². The molecule has 1 aliphatic carbocycles. The van der Waals surface area contributed by atoms with Gasteiger partial charge in [-0.05, 0) is 64.7 Å². The van der Waals surface area contributed by atoms with E-state index in [0.29, 0.717) is 25.3 Å². The van der Waals surface area contributed by atoms with Gasteiger partial charge in [0, 0.05) is 25.6 Å². The molecule has 9 heteroatoms. The van der Waals surface area contributed by atoms with Gasteiger partial charge in [0.05, 0.1) is 32.5 Å². The number of rotatable bonds is 8. The van der Waals surface area contributed by atoms with Gasteiger partial charge in [0.1, 0.15) is 23.7 Å². The summed E-state index contributed by atoms with van der Waals surface area (Å²) in [6, 6.07) is 18.9. The normalized spacial score (nSPS) is 25.8. The van der Waals surface area contributed by atoms with Gasteiger partial charge in [0.15, 0.2) is 11.5 Å². The largest absolute Gasteiger partial charge is 0.497 e. The molecule has 1 unspecified atom stereocenters. The highest BCUT2D eigenvalue weighted by Gasteiger charge is 2.61. The van der Waals surface area contributed by atoms with E-state index in [4.69, 9.17) is 28.4 Å². The number of fused-ring (bicyclic) bond motifs is 2.